The number of benzene rings is 1. The number of likely N-dealkylation sites (tertiary alicyclic amines) is 1. The number of ether oxygens (including phenoxy) is 2. The van der Waals surface area contributed by atoms with E-state index in [-0.39, 0.29) is 18.7 Å². The van der Waals surface area contributed by atoms with E-state index in [1.165, 1.54) is 18.1 Å². The van der Waals surface area contributed by atoms with E-state index in [2.05, 4.69) is 35.8 Å². The van der Waals surface area contributed by atoms with E-state index >= 15 is 0 Å². The molecule has 12 heteroatoms. The van der Waals surface area contributed by atoms with Crippen molar-refractivity contribution in [2.75, 3.05) is 32.2 Å². The Labute approximate surface area is 221 Å². The van der Waals surface area contributed by atoms with Crippen LogP contribution in [0.2, 0.25) is 0 Å². The fraction of sp³-hybridized carbons (Fsp3) is 0.500. The lowest BCUT2D eigenvalue weighted by atomic mass is 9.93. The maximum atomic E-state index is 12.7. The van der Waals surface area contributed by atoms with Crippen LogP contribution in [0.4, 0.5) is 5.82 Å². The summed E-state index contributed by atoms with van der Waals surface area (Å²) in [5, 5.41) is 4.13. The number of nitrogens with two attached hydrogens (primary N) is 1. The number of carbonyl (C=O) groups excluding carboxylic acids is 1. The van der Waals surface area contributed by atoms with E-state index in [1.54, 1.807) is 0 Å². The van der Waals surface area contributed by atoms with Crippen LogP contribution in [-0.2, 0) is 11.3 Å². The molecule has 0 spiro atoms. The van der Waals surface area contributed by atoms with E-state index in [0.717, 1.165) is 90.0 Å². The predicted octanol–water partition coefficient (Wildman–Crippen LogP) is 3.43. The average Bonchev–Trinajstić information content (AvgIpc) is 3.64. The number of nitrogens with zero attached hydrogens (tertiary/aromatic N) is 5. The van der Waals surface area contributed by atoms with E-state index < -0.39 is 0 Å². The first-order valence-electron chi connectivity index (χ1n) is 12.3. The zero-order valence-corrected chi connectivity index (χ0v) is 22.2. The molecule has 10 nitrogen and oxygen atoms in total. The first kappa shape index (κ1) is 23.8. The van der Waals surface area contributed by atoms with Crippen molar-refractivity contribution in [3.63, 3.8) is 0 Å². The number of fused-ring (bicyclic) bond motifs is 2. The lowest BCUT2D eigenvalue weighted by Gasteiger charge is -2.33. The number of halogens is 1. The molecule has 1 atom stereocenters. The largest absolute Gasteiger partial charge is 0.454 e. The minimum atomic E-state index is 0.0130. The highest BCUT2D eigenvalue weighted by molar-refractivity contribution is 9.10. The summed E-state index contributed by atoms with van der Waals surface area (Å²) in [4.78, 5) is 29.2. The molecule has 0 aliphatic carbocycles. The van der Waals surface area contributed by atoms with Crippen molar-refractivity contribution in [2.24, 2.45) is 5.92 Å². The van der Waals surface area contributed by atoms with Crippen LogP contribution in [0.15, 0.2) is 33.0 Å². The molecule has 3 aliphatic heterocycles. The predicted molar refractivity (Wildman–Crippen MR) is 139 cm³/mol. The van der Waals surface area contributed by atoms with Gasteiger partial charge in [0.2, 0.25) is 12.7 Å². The number of hydrogen-bond donors (Lipinski definition) is 2. The number of amides is 1. The summed E-state index contributed by atoms with van der Waals surface area (Å²) in [6.07, 6.45) is 6.54. The van der Waals surface area contributed by atoms with Gasteiger partial charge in [-0.15, -0.1) is 0 Å². The Bertz CT molecular complexity index is 1290. The molecule has 1 amide bonds. The highest BCUT2D eigenvalue weighted by Crippen LogP contribution is 2.43. The quantitative estimate of drug-likeness (QED) is 0.456. The van der Waals surface area contributed by atoms with Crippen LogP contribution in [-0.4, -0.2) is 62.8 Å². The normalized spacial score (nSPS) is 19.9. The van der Waals surface area contributed by atoms with Gasteiger partial charge in [-0.1, -0.05) is 11.8 Å². The molecule has 2 saturated heterocycles. The monoisotopic (exact) mass is 573 g/mol. The maximum absolute atomic E-state index is 12.7. The van der Waals surface area contributed by atoms with Crippen LogP contribution in [0.25, 0.3) is 11.2 Å². The van der Waals surface area contributed by atoms with Crippen molar-refractivity contribution in [3.8, 4) is 11.5 Å². The molecule has 3 aliphatic rings. The van der Waals surface area contributed by atoms with Gasteiger partial charge in [0, 0.05) is 29.0 Å². The zero-order valence-electron chi connectivity index (χ0n) is 19.8. The van der Waals surface area contributed by atoms with E-state index in [1.807, 2.05) is 17.0 Å². The fourth-order valence-electron chi connectivity index (χ4n) is 5.16. The van der Waals surface area contributed by atoms with Crippen LogP contribution in [0.5, 0.6) is 11.5 Å². The lowest BCUT2D eigenvalue weighted by Crippen LogP contribution is -2.47. The van der Waals surface area contributed by atoms with E-state index in [4.69, 9.17) is 20.2 Å². The van der Waals surface area contributed by atoms with Crippen LogP contribution in [0, 0.1) is 5.92 Å². The Morgan fingerprint density at radius 1 is 1.19 bits per heavy atom. The second-order valence-corrected chi connectivity index (χ2v) is 11.3. The summed E-state index contributed by atoms with van der Waals surface area (Å²) < 4.78 is 14.1. The Hall–Kier alpha value is -2.57. The molecule has 190 valence electrons. The molecule has 6 rings (SSSR count). The van der Waals surface area contributed by atoms with Crippen molar-refractivity contribution >= 4 is 50.6 Å². The van der Waals surface area contributed by atoms with Gasteiger partial charge >= 0.3 is 0 Å². The minimum Gasteiger partial charge on any atom is -0.454 e. The summed E-state index contributed by atoms with van der Waals surface area (Å²) in [7, 11) is 0. The Balaban J connectivity index is 1.18. The van der Waals surface area contributed by atoms with Gasteiger partial charge < -0.3 is 30.0 Å². The van der Waals surface area contributed by atoms with Crippen molar-refractivity contribution in [2.45, 2.75) is 54.7 Å². The summed E-state index contributed by atoms with van der Waals surface area (Å²) >= 11 is 5.18. The third-order valence-corrected chi connectivity index (χ3v) is 9.17. The lowest BCUT2D eigenvalue weighted by molar-refractivity contribution is -0.134. The number of imidazole rings is 1. The smallest absolute Gasteiger partial charge is 0.239 e. The number of hydrogen-bond acceptors (Lipinski definition) is 9. The topological polar surface area (TPSA) is 120 Å². The summed E-state index contributed by atoms with van der Waals surface area (Å²) in [5.74, 6) is 2.63. The average molecular weight is 575 g/mol. The number of nitrogen functional groups attached to an aromatic ring is 1. The van der Waals surface area contributed by atoms with Gasteiger partial charge in [0.1, 0.15) is 6.33 Å². The second kappa shape index (κ2) is 10.1. The second-order valence-electron chi connectivity index (χ2n) is 9.42. The van der Waals surface area contributed by atoms with Gasteiger partial charge in [-0.3, -0.25) is 4.79 Å². The summed E-state index contributed by atoms with van der Waals surface area (Å²) in [6.45, 7) is 3.59. The number of carbonyl (C=O) groups is 1. The molecule has 1 aromatic carbocycles. The van der Waals surface area contributed by atoms with Crippen molar-refractivity contribution < 1.29 is 14.3 Å². The molecular formula is C24H28BrN7O3S. The Morgan fingerprint density at radius 2 is 2.00 bits per heavy atom. The first-order valence-corrected chi connectivity index (χ1v) is 13.9. The van der Waals surface area contributed by atoms with Gasteiger partial charge in [0.15, 0.2) is 33.6 Å². The summed E-state index contributed by atoms with van der Waals surface area (Å²) in [6, 6.07) is 3.89. The molecule has 0 bridgehead atoms. The van der Waals surface area contributed by atoms with Crippen LogP contribution in [0.1, 0.15) is 32.1 Å². The maximum Gasteiger partial charge on any atom is 0.239 e. The number of aromatic nitrogens is 4. The third-order valence-electron chi connectivity index (χ3n) is 7.20. The molecule has 0 radical (unpaired) electrons. The molecule has 2 aromatic heterocycles. The zero-order chi connectivity index (χ0) is 24.6. The van der Waals surface area contributed by atoms with Gasteiger partial charge in [-0.25, -0.2) is 15.0 Å². The minimum absolute atomic E-state index is 0.0130. The van der Waals surface area contributed by atoms with Crippen molar-refractivity contribution in [1.29, 1.82) is 0 Å². The fourth-order valence-corrected chi connectivity index (χ4v) is 6.67. The number of nitrogens with one attached hydrogen (secondary N) is 1. The molecule has 3 aromatic rings. The number of anilines is 1. The number of aryl methyl sites for hydroxylation is 1. The van der Waals surface area contributed by atoms with E-state index in [0.29, 0.717) is 17.3 Å². The number of rotatable bonds is 6. The molecule has 2 fully saturated rings. The van der Waals surface area contributed by atoms with E-state index in [9.17, 15) is 4.79 Å². The highest BCUT2D eigenvalue weighted by Gasteiger charge is 2.30. The number of piperidine rings is 1. The molecule has 0 unspecified atom stereocenters. The Kier molecular flexibility index (Phi) is 6.65. The van der Waals surface area contributed by atoms with Crippen molar-refractivity contribution in [1.82, 2.24) is 29.7 Å². The van der Waals surface area contributed by atoms with Gasteiger partial charge in [0.05, 0.1) is 6.04 Å². The third kappa shape index (κ3) is 4.61. The summed E-state index contributed by atoms with van der Waals surface area (Å²) in [5.41, 5.74) is 7.50. The van der Waals surface area contributed by atoms with Crippen LogP contribution < -0.4 is 20.5 Å². The molecule has 0 saturated carbocycles. The van der Waals surface area contributed by atoms with Crippen LogP contribution in [0.3, 0.4) is 0 Å². The van der Waals surface area contributed by atoms with Gasteiger partial charge in [-0.05, 0) is 72.6 Å². The molecule has 36 heavy (non-hydrogen) atoms. The Morgan fingerprint density at radius 3 is 2.78 bits per heavy atom. The SMILES string of the molecule is Nc1ncnc2c1nc(Sc1cc3c(cc1Br)OCO3)n2CCC1CCN(C(=O)[C@@H]2CCCN2)CC1. The highest BCUT2D eigenvalue weighted by atomic mass is 79.9. The molecular weight excluding hydrogens is 546 g/mol. The van der Waals surface area contributed by atoms with Crippen LogP contribution >= 0.6 is 27.7 Å². The van der Waals surface area contributed by atoms with Gasteiger partial charge in [-0.2, -0.15) is 0 Å². The standard InChI is InChI=1S/C24H28BrN7O3S/c25-15-10-17-18(35-13-34-17)11-19(15)36-24-30-20-21(26)28-12-29-22(20)32(24)9-5-14-3-7-31(8-4-14)23(33)16-2-1-6-27-16/h10-12,14,16,27H,1-9,13H2,(H2,26,28,29)/t16-/m0/s1. The molecule has 5 heterocycles. The van der Waals surface area contributed by atoms with Gasteiger partial charge in [0.25, 0.3) is 0 Å². The molecule has 3 N–H and O–H groups in total. The first-order chi connectivity index (χ1) is 17.6. The van der Waals surface area contributed by atoms with Crippen molar-refractivity contribution in [3.05, 3.63) is 22.9 Å².